The van der Waals surface area contributed by atoms with Crippen LogP contribution in [0.25, 0.3) is 0 Å². The summed E-state index contributed by atoms with van der Waals surface area (Å²) in [4.78, 5) is 21.5. The molecule has 0 fully saturated rings. The Morgan fingerprint density at radius 2 is 1.31 bits per heavy atom. The molecule has 0 heterocycles. The fourth-order valence-electron chi connectivity index (χ4n) is 3.18. The Hall–Kier alpha value is -0.900. The van der Waals surface area contributed by atoms with Crippen LogP contribution < -0.4 is 0 Å². The summed E-state index contributed by atoms with van der Waals surface area (Å²) in [5.74, 6) is -0.821. The smallest absolute Gasteiger partial charge is 0.332 e. The predicted molar refractivity (Wildman–Crippen MR) is 108 cm³/mol. The SMILES string of the molecule is CCCCCCCCCCOC(CCCCCCCCCC=O)C(=O)O. The van der Waals surface area contributed by atoms with Gasteiger partial charge in [-0.3, -0.25) is 0 Å². The van der Waals surface area contributed by atoms with E-state index in [-0.39, 0.29) is 0 Å². The number of carboxylic acid groups (broad SMARTS) is 1. The van der Waals surface area contributed by atoms with Gasteiger partial charge in [-0.1, -0.05) is 90.4 Å². The number of ether oxygens (including phenoxy) is 1. The van der Waals surface area contributed by atoms with Gasteiger partial charge in [-0.15, -0.1) is 0 Å². The van der Waals surface area contributed by atoms with Crippen LogP contribution in [-0.2, 0) is 14.3 Å². The Balaban J connectivity index is 3.48. The van der Waals surface area contributed by atoms with Crippen molar-refractivity contribution < 1.29 is 19.4 Å². The molecule has 0 amide bonds. The number of unbranched alkanes of at least 4 members (excludes halogenated alkanes) is 14. The number of hydrogen-bond donors (Lipinski definition) is 1. The summed E-state index contributed by atoms with van der Waals surface area (Å²) in [6, 6.07) is 0. The summed E-state index contributed by atoms with van der Waals surface area (Å²) in [5, 5.41) is 9.27. The second-order valence-corrected chi connectivity index (χ2v) is 7.39. The summed E-state index contributed by atoms with van der Waals surface area (Å²) in [6.45, 7) is 2.80. The summed E-state index contributed by atoms with van der Waals surface area (Å²) in [5.41, 5.74) is 0. The highest BCUT2D eigenvalue weighted by Crippen LogP contribution is 2.13. The first-order valence-corrected chi connectivity index (χ1v) is 11.0. The first-order valence-electron chi connectivity index (χ1n) is 11.0. The molecular formula is C22H42O4. The van der Waals surface area contributed by atoms with Crippen molar-refractivity contribution in [3.8, 4) is 0 Å². The minimum atomic E-state index is -0.821. The normalized spacial score (nSPS) is 12.2. The lowest BCUT2D eigenvalue weighted by molar-refractivity contribution is -0.151. The van der Waals surface area contributed by atoms with Gasteiger partial charge in [0.1, 0.15) is 6.29 Å². The standard InChI is InChI=1S/C22H42O4/c1-2-3-4-5-6-11-14-17-20-26-21(22(24)25)18-15-12-9-7-8-10-13-16-19-23/h19,21H,2-18,20H2,1H3,(H,24,25). The monoisotopic (exact) mass is 370 g/mol. The van der Waals surface area contributed by atoms with Crippen LogP contribution in [0.3, 0.4) is 0 Å². The average Bonchev–Trinajstić information content (AvgIpc) is 2.63. The Kier molecular flexibility index (Phi) is 19.7. The molecule has 0 saturated carbocycles. The van der Waals surface area contributed by atoms with Crippen molar-refractivity contribution in [1.82, 2.24) is 0 Å². The van der Waals surface area contributed by atoms with Crippen LogP contribution in [0.15, 0.2) is 0 Å². The molecule has 1 unspecified atom stereocenters. The van der Waals surface area contributed by atoms with Crippen LogP contribution in [0.4, 0.5) is 0 Å². The summed E-state index contributed by atoms with van der Waals surface area (Å²) < 4.78 is 5.59. The highest BCUT2D eigenvalue weighted by atomic mass is 16.5. The molecule has 0 aromatic heterocycles. The molecule has 1 atom stereocenters. The van der Waals surface area contributed by atoms with E-state index in [1.165, 1.54) is 51.4 Å². The maximum atomic E-state index is 11.3. The van der Waals surface area contributed by atoms with E-state index in [0.717, 1.165) is 51.2 Å². The zero-order valence-electron chi connectivity index (χ0n) is 17.1. The number of aliphatic carboxylic acids is 1. The molecule has 0 spiro atoms. The van der Waals surface area contributed by atoms with Gasteiger partial charge >= 0.3 is 5.97 Å². The Bertz CT molecular complexity index is 317. The summed E-state index contributed by atoms with van der Waals surface area (Å²) in [6.07, 6.45) is 19.2. The molecule has 0 bridgehead atoms. The van der Waals surface area contributed by atoms with Gasteiger partial charge in [0.25, 0.3) is 0 Å². The van der Waals surface area contributed by atoms with Gasteiger partial charge in [0.15, 0.2) is 6.10 Å². The molecule has 0 aromatic carbocycles. The Labute approximate surface area is 161 Å². The van der Waals surface area contributed by atoms with Gasteiger partial charge in [0, 0.05) is 13.0 Å². The molecule has 0 aliphatic carbocycles. The lowest BCUT2D eigenvalue weighted by atomic mass is 10.1. The Morgan fingerprint density at radius 1 is 0.808 bits per heavy atom. The van der Waals surface area contributed by atoms with Crippen LogP contribution in [0.5, 0.6) is 0 Å². The second-order valence-electron chi connectivity index (χ2n) is 7.39. The van der Waals surface area contributed by atoms with Gasteiger partial charge in [0.05, 0.1) is 0 Å². The van der Waals surface area contributed by atoms with Crippen molar-refractivity contribution in [2.75, 3.05) is 6.61 Å². The fraction of sp³-hybridized carbons (Fsp3) is 0.909. The minimum Gasteiger partial charge on any atom is -0.479 e. The van der Waals surface area contributed by atoms with Crippen LogP contribution in [0, 0.1) is 0 Å². The third-order valence-electron chi connectivity index (χ3n) is 4.88. The van der Waals surface area contributed by atoms with Crippen LogP contribution >= 0.6 is 0 Å². The van der Waals surface area contributed by atoms with E-state index >= 15 is 0 Å². The van der Waals surface area contributed by atoms with E-state index in [0.29, 0.717) is 19.4 Å². The zero-order valence-corrected chi connectivity index (χ0v) is 17.1. The molecular weight excluding hydrogens is 328 g/mol. The summed E-state index contributed by atoms with van der Waals surface area (Å²) in [7, 11) is 0. The van der Waals surface area contributed by atoms with Gasteiger partial charge in [-0.2, -0.15) is 0 Å². The van der Waals surface area contributed by atoms with Gasteiger partial charge in [-0.25, -0.2) is 4.79 Å². The van der Waals surface area contributed by atoms with E-state index in [1.54, 1.807) is 0 Å². The van der Waals surface area contributed by atoms with Gasteiger partial charge in [0.2, 0.25) is 0 Å². The third-order valence-corrected chi connectivity index (χ3v) is 4.88. The van der Waals surface area contributed by atoms with E-state index < -0.39 is 12.1 Å². The van der Waals surface area contributed by atoms with Crippen LogP contribution in [-0.4, -0.2) is 30.1 Å². The largest absolute Gasteiger partial charge is 0.479 e. The summed E-state index contributed by atoms with van der Waals surface area (Å²) >= 11 is 0. The quantitative estimate of drug-likeness (QED) is 0.190. The molecule has 4 nitrogen and oxygen atoms in total. The highest BCUT2D eigenvalue weighted by Gasteiger charge is 2.16. The maximum absolute atomic E-state index is 11.3. The van der Waals surface area contributed by atoms with Gasteiger partial charge in [-0.05, 0) is 19.3 Å². The molecule has 0 aliphatic rings. The number of aldehydes is 1. The van der Waals surface area contributed by atoms with E-state index in [4.69, 9.17) is 4.74 Å². The third kappa shape index (κ3) is 17.9. The molecule has 154 valence electrons. The number of hydrogen-bond acceptors (Lipinski definition) is 3. The van der Waals surface area contributed by atoms with Crippen LogP contribution in [0.1, 0.15) is 116 Å². The number of carboxylic acids is 1. The number of carbonyl (C=O) groups is 2. The van der Waals surface area contributed by atoms with Crippen LogP contribution in [0.2, 0.25) is 0 Å². The molecule has 0 rings (SSSR count). The molecule has 0 saturated heterocycles. The molecule has 1 N–H and O–H groups in total. The van der Waals surface area contributed by atoms with Crippen molar-refractivity contribution in [1.29, 1.82) is 0 Å². The Morgan fingerprint density at radius 3 is 1.85 bits per heavy atom. The van der Waals surface area contributed by atoms with Crippen molar-refractivity contribution in [2.24, 2.45) is 0 Å². The second kappa shape index (κ2) is 20.4. The van der Waals surface area contributed by atoms with Gasteiger partial charge < -0.3 is 14.6 Å². The lowest BCUT2D eigenvalue weighted by Gasteiger charge is -2.13. The molecule has 0 radical (unpaired) electrons. The van der Waals surface area contributed by atoms with Crippen molar-refractivity contribution in [3.63, 3.8) is 0 Å². The number of carbonyl (C=O) groups excluding carboxylic acids is 1. The first-order chi connectivity index (χ1) is 12.7. The average molecular weight is 371 g/mol. The minimum absolute atomic E-state index is 0.572. The van der Waals surface area contributed by atoms with E-state index in [2.05, 4.69) is 6.92 Å². The van der Waals surface area contributed by atoms with E-state index in [1.807, 2.05) is 0 Å². The predicted octanol–water partition coefficient (Wildman–Crippen LogP) is 6.31. The molecule has 0 aliphatic heterocycles. The highest BCUT2D eigenvalue weighted by molar-refractivity contribution is 5.72. The lowest BCUT2D eigenvalue weighted by Crippen LogP contribution is -2.24. The van der Waals surface area contributed by atoms with Crippen molar-refractivity contribution in [2.45, 2.75) is 122 Å². The maximum Gasteiger partial charge on any atom is 0.332 e. The first kappa shape index (κ1) is 25.1. The van der Waals surface area contributed by atoms with E-state index in [9.17, 15) is 14.7 Å². The van der Waals surface area contributed by atoms with Crippen molar-refractivity contribution >= 4 is 12.3 Å². The molecule has 0 aromatic rings. The molecule has 26 heavy (non-hydrogen) atoms. The number of rotatable bonds is 21. The fourth-order valence-corrected chi connectivity index (χ4v) is 3.18. The zero-order chi connectivity index (χ0) is 19.3. The topological polar surface area (TPSA) is 63.6 Å². The van der Waals surface area contributed by atoms with Crippen molar-refractivity contribution in [3.05, 3.63) is 0 Å². The molecule has 4 heteroatoms.